The third kappa shape index (κ3) is 4.15. The molecule has 0 spiro atoms. The van der Waals surface area contributed by atoms with Crippen molar-refractivity contribution in [3.05, 3.63) is 35.5 Å². The van der Waals surface area contributed by atoms with Crippen molar-refractivity contribution in [2.75, 3.05) is 26.8 Å². The highest BCUT2D eigenvalue weighted by Crippen LogP contribution is 2.44. The standard InChI is InChI=1S/C24H31N3O4/c1-3-31-21-12-18-15(8-9-20(28)22(18)24(29)30-2)13-27(14-25)11-10-17-16-6-4-5-7-19(16)26-23(17)21/h4-7,15,18,20-22,26,28H,3,8-13H2,1-2H3/t15-,18?,20-,21-,22+/m0/s1. The van der Waals surface area contributed by atoms with Gasteiger partial charge in [0.1, 0.15) is 0 Å². The highest BCUT2D eigenvalue weighted by atomic mass is 16.5. The van der Waals surface area contributed by atoms with Crippen LogP contribution in [0.5, 0.6) is 0 Å². The summed E-state index contributed by atoms with van der Waals surface area (Å²) < 4.78 is 11.3. The Morgan fingerprint density at radius 3 is 2.90 bits per heavy atom. The van der Waals surface area contributed by atoms with Gasteiger partial charge in [0.2, 0.25) is 0 Å². The number of nitrogens with zero attached hydrogens (tertiary/aromatic N) is 2. The summed E-state index contributed by atoms with van der Waals surface area (Å²) in [5.41, 5.74) is 3.23. The molecule has 4 rings (SSSR count). The fraction of sp³-hybridized carbons (Fsp3) is 0.583. The predicted octanol–water partition coefficient (Wildman–Crippen LogP) is 3.15. The first-order chi connectivity index (χ1) is 15.1. The van der Waals surface area contributed by atoms with Crippen molar-refractivity contribution >= 4 is 16.9 Å². The van der Waals surface area contributed by atoms with E-state index in [-0.39, 0.29) is 23.9 Å². The number of aromatic amines is 1. The number of aromatic nitrogens is 1. The van der Waals surface area contributed by atoms with Gasteiger partial charge in [0.25, 0.3) is 0 Å². The van der Waals surface area contributed by atoms with E-state index in [0.717, 1.165) is 29.4 Å². The number of hydrogen-bond acceptors (Lipinski definition) is 6. The Hall–Kier alpha value is -2.56. The largest absolute Gasteiger partial charge is 0.469 e. The van der Waals surface area contributed by atoms with Crippen LogP contribution in [0.2, 0.25) is 0 Å². The molecule has 0 saturated heterocycles. The number of ether oxygens (including phenoxy) is 2. The monoisotopic (exact) mass is 425 g/mol. The Labute approximate surface area is 182 Å². The third-order valence-corrected chi connectivity index (χ3v) is 7.04. The number of methoxy groups -OCH3 is 1. The number of hydrogen-bond donors (Lipinski definition) is 2. The number of fused-ring (bicyclic) bond motifs is 4. The number of para-hydroxylation sites is 1. The lowest BCUT2D eigenvalue weighted by Gasteiger charge is -2.42. The van der Waals surface area contributed by atoms with Crippen LogP contribution in [0, 0.1) is 29.2 Å². The molecule has 1 aromatic carbocycles. The smallest absolute Gasteiger partial charge is 0.311 e. The number of nitriles is 1. The van der Waals surface area contributed by atoms with Crippen LogP contribution in [0.4, 0.5) is 0 Å². The lowest BCUT2D eigenvalue weighted by molar-refractivity contribution is -0.158. The van der Waals surface area contributed by atoms with Crippen molar-refractivity contribution in [3.8, 4) is 6.19 Å². The Balaban J connectivity index is 1.81. The minimum Gasteiger partial charge on any atom is -0.469 e. The Kier molecular flexibility index (Phi) is 6.49. The first kappa shape index (κ1) is 21.7. The van der Waals surface area contributed by atoms with Gasteiger partial charge in [0.15, 0.2) is 6.19 Å². The van der Waals surface area contributed by atoms with Gasteiger partial charge in [-0.05, 0) is 56.1 Å². The van der Waals surface area contributed by atoms with E-state index in [9.17, 15) is 15.2 Å². The van der Waals surface area contributed by atoms with Gasteiger partial charge in [-0.15, -0.1) is 0 Å². The summed E-state index contributed by atoms with van der Waals surface area (Å²) in [5, 5.41) is 21.6. The average Bonchev–Trinajstić information content (AvgIpc) is 3.15. The van der Waals surface area contributed by atoms with E-state index in [1.54, 1.807) is 4.90 Å². The fourth-order valence-corrected chi connectivity index (χ4v) is 5.59. The molecule has 2 aliphatic rings. The van der Waals surface area contributed by atoms with Gasteiger partial charge >= 0.3 is 5.97 Å². The summed E-state index contributed by atoms with van der Waals surface area (Å²) in [6.07, 6.45) is 4.04. The van der Waals surface area contributed by atoms with E-state index in [1.165, 1.54) is 12.7 Å². The number of carbonyl (C=O) groups is 1. The topological polar surface area (TPSA) is 98.6 Å². The number of carbonyl (C=O) groups excluding carboxylic acids is 1. The summed E-state index contributed by atoms with van der Waals surface area (Å²) in [5.74, 6) is -1.02. The molecule has 1 fully saturated rings. The van der Waals surface area contributed by atoms with Crippen LogP contribution in [0.25, 0.3) is 10.9 Å². The van der Waals surface area contributed by atoms with Crippen molar-refractivity contribution in [3.63, 3.8) is 0 Å². The minimum atomic E-state index is -0.739. The second kappa shape index (κ2) is 9.29. The van der Waals surface area contributed by atoms with Crippen molar-refractivity contribution in [2.24, 2.45) is 17.8 Å². The molecule has 0 radical (unpaired) electrons. The van der Waals surface area contributed by atoms with Gasteiger partial charge in [-0.25, -0.2) is 0 Å². The van der Waals surface area contributed by atoms with Crippen LogP contribution in [0.15, 0.2) is 24.3 Å². The second-order valence-corrected chi connectivity index (χ2v) is 8.66. The number of benzene rings is 1. The molecule has 1 aliphatic heterocycles. The minimum absolute atomic E-state index is 0.112. The normalized spacial score (nSPS) is 29.0. The van der Waals surface area contributed by atoms with Gasteiger partial charge in [0.05, 0.1) is 25.2 Å². The first-order valence-electron chi connectivity index (χ1n) is 11.2. The summed E-state index contributed by atoms with van der Waals surface area (Å²) in [7, 11) is 1.37. The van der Waals surface area contributed by atoms with E-state index in [2.05, 4.69) is 23.3 Å². The first-order valence-corrected chi connectivity index (χ1v) is 11.2. The zero-order chi connectivity index (χ0) is 22.0. The molecule has 1 unspecified atom stereocenters. The molecular formula is C24H31N3O4. The van der Waals surface area contributed by atoms with Gasteiger partial charge in [-0.2, -0.15) is 5.26 Å². The van der Waals surface area contributed by atoms with Crippen LogP contribution in [-0.2, 0) is 20.7 Å². The molecule has 1 aliphatic carbocycles. The maximum absolute atomic E-state index is 12.7. The van der Waals surface area contributed by atoms with Crippen LogP contribution >= 0.6 is 0 Å². The quantitative estimate of drug-likeness (QED) is 0.579. The molecule has 1 saturated carbocycles. The summed E-state index contributed by atoms with van der Waals surface area (Å²) >= 11 is 0. The molecule has 0 bridgehead atoms. The molecule has 2 aromatic rings. The number of nitrogens with one attached hydrogen (secondary N) is 1. The third-order valence-electron chi connectivity index (χ3n) is 7.04. The lowest BCUT2D eigenvalue weighted by Crippen LogP contribution is -2.47. The van der Waals surface area contributed by atoms with Crippen LogP contribution < -0.4 is 0 Å². The Morgan fingerprint density at radius 1 is 1.35 bits per heavy atom. The zero-order valence-electron chi connectivity index (χ0n) is 18.2. The molecule has 166 valence electrons. The molecule has 0 amide bonds. The molecule has 31 heavy (non-hydrogen) atoms. The molecule has 2 N–H and O–H groups in total. The number of rotatable bonds is 3. The average molecular weight is 426 g/mol. The SMILES string of the molecule is CCO[C@H]1CC2[C@@H](CC[C@H](O)[C@@H]2C(=O)OC)CN(C#N)CCc2c1[nH]c1ccccc21. The van der Waals surface area contributed by atoms with Crippen molar-refractivity contribution < 1.29 is 19.4 Å². The molecular weight excluding hydrogens is 394 g/mol. The zero-order valence-corrected chi connectivity index (χ0v) is 18.2. The highest BCUT2D eigenvalue weighted by molar-refractivity contribution is 5.84. The molecule has 7 heteroatoms. The van der Waals surface area contributed by atoms with Gasteiger partial charge in [0, 0.05) is 36.3 Å². The molecule has 5 atom stereocenters. The lowest BCUT2D eigenvalue weighted by atomic mass is 9.67. The highest BCUT2D eigenvalue weighted by Gasteiger charge is 2.45. The predicted molar refractivity (Wildman–Crippen MR) is 116 cm³/mol. The fourth-order valence-electron chi connectivity index (χ4n) is 5.59. The maximum Gasteiger partial charge on any atom is 0.311 e. The van der Waals surface area contributed by atoms with Gasteiger partial charge in [-0.3, -0.25) is 4.79 Å². The van der Waals surface area contributed by atoms with Crippen LogP contribution in [-0.4, -0.2) is 53.9 Å². The summed E-state index contributed by atoms with van der Waals surface area (Å²) in [6.45, 7) is 3.72. The second-order valence-electron chi connectivity index (χ2n) is 8.66. The van der Waals surface area contributed by atoms with Gasteiger partial charge in [-0.1, -0.05) is 18.2 Å². The molecule has 7 nitrogen and oxygen atoms in total. The number of H-pyrrole nitrogens is 1. The van der Waals surface area contributed by atoms with Gasteiger partial charge < -0.3 is 24.5 Å². The molecule has 1 aromatic heterocycles. The van der Waals surface area contributed by atoms with E-state index in [4.69, 9.17) is 9.47 Å². The van der Waals surface area contributed by atoms with E-state index < -0.39 is 12.0 Å². The summed E-state index contributed by atoms with van der Waals surface area (Å²) in [4.78, 5) is 18.0. The number of aliphatic hydroxyl groups excluding tert-OH is 1. The maximum atomic E-state index is 12.7. The van der Waals surface area contributed by atoms with Crippen LogP contribution in [0.3, 0.4) is 0 Å². The van der Waals surface area contributed by atoms with E-state index in [1.807, 2.05) is 19.1 Å². The van der Waals surface area contributed by atoms with Crippen molar-refractivity contribution in [1.82, 2.24) is 9.88 Å². The number of aliphatic hydroxyl groups is 1. The molecule has 2 heterocycles. The van der Waals surface area contributed by atoms with E-state index in [0.29, 0.717) is 32.5 Å². The van der Waals surface area contributed by atoms with Crippen molar-refractivity contribution in [2.45, 2.75) is 44.8 Å². The van der Waals surface area contributed by atoms with Crippen molar-refractivity contribution in [1.29, 1.82) is 5.26 Å². The number of esters is 1. The Bertz CT molecular complexity index is 965. The summed E-state index contributed by atoms with van der Waals surface area (Å²) in [6, 6.07) is 8.18. The van der Waals surface area contributed by atoms with E-state index >= 15 is 0 Å². The van der Waals surface area contributed by atoms with Crippen LogP contribution in [0.1, 0.15) is 43.5 Å². The Morgan fingerprint density at radius 2 is 2.16 bits per heavy atom.